The highest BCUT2D eigenvalue weighted by molar-refractivity contribution is 7.03. The molecule has 0 aliphatic carbocycles. The third-order valence-corrected chi connectivity index (χ3v) is 3.34. The standard InChI is InChI=1S/C12H16N4OS/c1-17-10-5-2-9(3-6-10)4-7-11(14-13)12-8-18-16-15-12/h2-3,5-6,8,11,14H,4,7,13H2,1H3. The van der Waals surface area contributed by atoms with Crippen LogP contribution in [0.3, 0.4) is 0 Å². The molecule has 0 radical (unpaired) electrons. The number of nitrogens with one attached hydrogen (secondary N) is 1. The van der Waals surface area contributed by atoms with Gasteiger partial charge >= 0.3 is 0 Å². The first-order valence-corrected chi connectivity index (χ1v) is 6.53. The summed E-state index contributed by atoms with van der Waals surface area (Å²) in [5.41, 5.74) is 4.93. The van der Waals surface area contributed by atoms with Crippen molar-refractivity contribution in [2.75, 3.05) is 7.11 Å². The largest absolute Gasteiger partial charge is 0.497 e. The molecule has 0 spiro atoms. The van der Waals surface area contributed by atoms with E-state index in [1.54, 1.807) is 7.11 Å². The lowest BCUT2D eigenvalue weighted by Crippen LogP contribution is -2.28. The first kappa shape index (κ1) is 12.9. The van der Waals surface area contributed by atoms with E-state index in [0.29, 0.717) is 0 Å². The van der Waals surface area contributed by atoms with Gasteiger partial charge in [-0.1, -0.05) is 16.6 Å². The second kappa shape index (κ2) is 6.44. The number of aryl methyl sites for hydroxylation is 1. The third-order valence-electron chi connectivity index (χ3n) is 2.82. The van der Waals surface area contributed by atoms with E-state index in [4.69, 9.17) is 10.6 Å². The lowest BCUT2D eigenvalue weighted by molar-refractivity contribution is 0.414. The fourth-order valence-electron chi connectivity index (χ4n) is 1.74. The Kier molecular flexibility index (Phi) is 4.63. The van der Waals surface area contributed by atoms with Gasteiger partial charge in [0.05, 0.1) is 18.8 Å². The number of ether oxygens (including phenoxy) is 1. The lowest BCUT2D eigenvalue weighted by Gasteiger charge is -2.12. The lowest BCUT2D eigenvalue weighted by atomic mass is 10.0. The molecule has 1 aromatic heterocycles. The summed E-state index contributed by atoms with van der Waals surface area (Å²) >= 11 is 1.34. The molecule has 0 fully saturated rings. The topological polar surface area (TPSA) is 73.1 Å². The maximum atomic E-state index is 5.54. The Hall–Kier alpha value is -1.50. The van der Waals surface area contributed by atoms with Gasteiger partial charge in [0.15, 0.2) is 0 Å². The zero-order valence-corrected chi connectivity index (χ0v) is 11.0. The minimum absolute atomic E-state index is 0.0471. The molecular formula is C12H16N4OS. The average Bonchev–Trinajstić information content (AvgIpc) is 2.94. The Balaban J connectivity index is 1.93. The van der Waals surface area contributed by atoms with Crippen molar-refractivity contribution >= 4 is 11.5 Å². The maximum absolute atomic E-state index is 5.54. The van der Waals surface area contributed by atoms with Gasteiger partial charge in [0, 0.05) is 5.38 Å². The van der Waals surface area contributed by atoms with E-state index in [2.05, 4.69) is 27.1 Å². The number of hydrogen-bond donors (Lipinski definition) is 2. The fourth-order valence-corrected chi connectivity index (χ4v) is 2.25. The van der Waals surface area contributed by atoms with Crippen LogP contribution in [-0.4, -0.2) is 16.7 Å². The van der Waals surface area contributed by atoms with E-state index < -0.39 is 0 Å². The summed E-state index contributed by atoms with van der Waals surface area (Å²) in [6, 6.07) is 8.10. The molecule has 0 saturated carbocycles. The van der Waals surface area contributed by atoms with Gasteiger partial charge in [0.2, 0.25) is 0 Å². The zero-order valence-electron chi connectivity index (χ0n) is 10.2. The fraction of sp³-hybridized carbons (Fsp3) is 0.333. The van der Waals surface area contributed by atoms with Crippen molar-refractivity contribution < 1.29 is 4.74 Å². The van der Waals surface area contributed by atoms with Crippen molar-refractivity contribution in [3.8, 4) is 5.75 Å². The van der Waals surface area contributed by atoms with Crippen molar-refractivity contribution in [1.82, 2.24) is 15.0 Å². The van der Waals surface area contributed by atoms with Crippen LogP contribution in [0, 0.1) is 0 Å². The van der Waals surface area contributed by atoms with Crippen molar-refractivity contribution in [2.24, 2.45) is 5.84 Å². The minimum atomic E-state index is 0.0471. The summed E-state index contributed by atoms with van der Waals surface area (Å²) in [6.45, 7) is 0. The Morgan fingerprint density at radius 1 is 1.39 bits per heavy atom. The van der Waals surface area contributed by atoms with Gasteiger partial charge in [-0.3, -0.25) is 11.3 Å². The van der Waals surface area contributed by atoms with E-state index in [1.807, 2.05) is 17.5 Å². The van der Waals surface area contributed by atoms with Crippen LogP contribution in [0.25, 0.3) is 0 Å². The summed E-state index contributed by atoms with van der Waals surface area (Å²) in [5, 5.41) is 5.95. The Morgan fingerprint density at radius 2 is 2.17 bits per heavy atom. The molecule has 1 atom stereocenters. The van der Waals surface area contributed by atoms with E-state index in [0.717, 1.165) is 24.3 Å². The Labute approximate surface area is 110 Å². The Morgan fingerprint density at radius 3 is 2.72 bits per heavy atom. The molecule has 2 aromatic rings. The molecule has 96 valence electrons. The van der Waals surface area contributed by atoms with Crippen LogP contribution in [0.5, 0.6) is 5.75 Å². The molecular weight excluding hydrogens is 248 g/mol. The Bertz CT molecular complexity index is 457. The molecule has 0 bridgehead atoms. The van der Waals surface area contributed by atoms with Crippen LogP contribution in [0.15, 0.2) is 29.6 Å². The highest BCUT2D eigenvalue weighted by Gasteiger charge is 2.12. The van der Waals surface area contributed by atoms with E-state index in [-0.39, 0.29) is 6.04 Å². The van der Waals surface area contributed by atoms with Gasteiger partial charge in [0.1, 0.15) is 5.75 Å². The van der Waals surface area contributed by atoms with Crippen LogP contribution in [-0.2, 0) is 6.42 Å². The average molecular weight is 264 g/mol. The molecule has 1 heterocycles. The number of rotatable bonds is 6. The second-order valence-electron chi connectivity index (χ2n) is 3.94. The van der Waals surface area contributed by atoms with Gasteiger partial charge in [0.25, 0.3) is 0 Å². The van der Waals surface area contributed by atoms with Gasteiger partial charge in [-0.05, 0) is 42.1 Å². The second-order valence-corrected chi connectivity index (χ2v) is 4.55. The maximum Gasteiger partial charge on any atom is 0.118 e. The van der Waals surface area contributed by atoms with Crippen molar-refractivity contribution in [3.05, 3.63) is 40.9 Å². The zero-order chi connectivity index (χ0) is 12.8. The van der Waals surface area contributed by atoms with Crippen LogP contribution in [0.4, 0.5) is 0 Å². The number of aromatic nitrogens is 2. The van der Waals surface area contributed by atoms with Crippen LogP contribution >= 0.6 is 11.5 Å². The SMILES string of the molecule is COc1ccc(CCC(NN)c2csnn2)cc1. The molecule has 18 heavy (non-hydrogen) atoms. The predicted octanol–water partition coefficient (Wildman–Crippen LogP) is 1.68. The van der Waals surface area contributed by atoms with Gasteiger partial charge < -0.3 is 4.74 Å². The normalized spacial score (nSPS) is 12.3. The van der Waals surface area contributed by atoms with Crippen LogP contribution < -0.4 is 16.0 Å². The molecule has 0 saturated heterocycles. The third kappa shape index (κ3) is 3.25. The first-order valence-electron chi connectivity index (χ1n) is 5.69. The molecule has 1 unspecified atom stereocenters. The molecule has 2 rings (SSSR count). The highest BCUT2D eigenvalue weighted by atomic mass is 32.1. The molecule has 0 aliphatic rings. The molecule has 0 aliphatic heterocycles. The van der Waals surface area contributed by atoms with Crippen molar-refractivity contribution in [1.29, 1.82) is 0 Å². The summed E-state index contributed by atoms with van der Waals surface area (Å²) < 4.78 is 8.97. The summed E-state index contributed by atoms with van der Waals surface area (Å²) in [7, 11) is 1.67. The number of methoxy groups -OCH3 is 1. The number of hydrazine groups is 1. The molecule has 6 heteroatoms. The van der Waals surface area contributed by atoms with E-state index in [9.17, 15) is 0 Å². The predicted molar refractivity (Wildman–Crippen MR) is 71.3 cm³/mol. The molecule has 1 aromatic carbocycles. The van der Waals surface area contributed by atoms with Gasteiger partial charge in [-0.15, -0.1) is 5.10 Å². The van der Waals surface area contributed by atoms with E-state index >= 15 is 0 Å². The van der Waals surface area contributed by atoms with Crippen LogP contribution in [0.1, 0.15) is 23.7 Å². The van der Waals surface area contributed by atoms with Crippen molar-refractivity contribution in [2.45, 2.75) is 18.9 Å². The minimum Gasteiger partial charge on any atom is -0.497 e. The van der Waals surface area contributed by atoms with Gasteiger partial charge in [-0.2, -0.15) is 0 Å². The van der Waals surface area contributed by atoms with E-state index in [1.165, 1.54) is 17.1 Å². The smallest absolute Gasteiger partial charge is 0.118 e. The van der Waals surface area contributed by atoms with Crippen LogP contribution in [0.2, 0.25) is 0 Å². The quantitative estimate of drug-likeness (QED) is 0.613. The van der Waals surface area contributed by atoms with Gasteiger partial charge in [-0.25, -0.2) is 0 Å². The number of benzene rings is 1. The molecule has 3 N–H and O–H groups in total. The molecule has 5 nitrogen and oxygen atoms in total. The number of nitrogens with zero attached hydrogens (tertiary/aromatic N) is 2. The number of nitrogens with two attached hydrogens (primary N) is 1. The monoisotopic (exact) mass is 264 g/mol. The summed E-state index contributed by atoms with van der Waals surface area (Å²) in [4.78, 5) is 0. The highest BCUT2D eigenvalue weighted by Crippen LogP contribution is 2.18. The first-order chi connectivity index (χ1) is 8.83. The summed E-state index contributed by atoms with van der Waals surface area (Å²) in [6.07, 6.45) is 1.81. The number of hydrogen-bond acceptors (Lipinski definition) is 6. The molecule has 0 amide bonds. The van der Waals surface area contributed by atoms with Crippen molar-refractivity contribution in [3.63, 3.8) is 0 Å². The summed E-state index contributed by atoms with van der Waals surface area (Å²) in [5.74, 6) is 6.41.